The molecule has 3 nitrogen and oxygen atoms in total. The maximum absolute atomic E-state index is 10.8. The Bertz CT molecular complexity index is 163. The van der Waals surface area contributed by atoms with Gasteiger partial charge in [-0.1, -0.05) is 12.2 Å². The van der Waals surface area contributed by atoms with Crippen LogP contribution in [0.1, 0.15) is 13.8 Å². The average molecular weight is 158 g/mol. The summed E-state index contributed by atoms with van der Waals surface area (Å²) in [5.41, 5.74) is 0.572. The number of aliphatic hydroxyl groups is 1. The van der Waals surface area contributed by atoms with Crippen LogP contribution in [-0.4, -0.2) is 24.3 Å². The molecule has 0 radical (unpaired) electrons. The highest BCUT2D eigenvalue weighted by Crippen LogP contribution is 2.11. The molecule has 0 unspecified atom stereocenters. The summed E-state index contributed by atoms with van der Waals surface area (Å²) in [7, 11) is 1.30. The summed E-state index contributed by atoms with van der Waals surface area (Å²) in [4.78, 5) is 10.8. The molecule has 0 saturated heterocycles. The average Bonchev–Trinajstić information content (AvgIpc) is 2.00. The third kappa shape index (κ3) is 2.72. The molecular weight excluding hydrogens is 144 g/mol. The highest BCUT2D eigenvalue weighted by molar-refractivity contribution is 5.73. The molecule has 0 bridgehead atoms. The van der Waals surface area contributed by atoms with Crippen LogP contribution in [-0.2, 0) is 9.53 Å². The van der Waals surface area contributed by atoms with Gasteiger partial charge in [0.2, 0.25) is 0 Å². The van der Waals surface area contributed by atoms with E-state index in [0.717, 1.165) is 0 Å². The Balaban J connectivity index is 4.12. The Morgan fingerprint density at radius 2 is 2.09 bits per heavy atom. The highest BCUT2D eigenvalue weighted by Gasteiger charge is 2.22. The van der Waals surface area contributed by atoms with Gasteiger partial charge in [0.05, 0.1) is 19.1 Å². The number of rotatable bonds is 3. The normalized spacial score (nSPS) is 15.3. The molecule has 0 aromatic heterocycles. The van der Waals surface area contributed by atoms with Gasteiger partial charge in [-0.2, -0.15) is 0 Å². The summed E-state index contributed by atoms with van der Waals surface area (Å²) >= 11 is 0. The van der Waals surface area contributed by atoms with Crippen LogP contribution in [0.25, 0.3) is 0 Å². The molecule has 0 amide bonds. The zero-order valence-corrected chi connectivity index (χ0v) is 7.13. The van der Waals surface area contributed by atoms with Gasteiger partial charge in [0.25, 0.3) is 0 Å². The van der Waals surface area contributed by atoms with Crippen molar-refractivity contribution in [2.24, 2.45) is 5.92 Å². The van der Waals surface area contributed by atoms with E-state index >= 15 is 0 Å². The second-order valence-corrected chi connectivity index (χ2v) is 2.60. The first-order valence-electron chi connectivity index (χ1n) is 3.42. The smallest absolute Gasteiger partial charge is 0.311 e. The van der Waals surface area contributed by atoms with Crippen LogP contribution in [0.2, 0.25) is 0 Å². The summed E-state index contributed by atoms with van der Waals surface area (Å²) < 4.78 is 4.44. The first kappa shape index (κ1) is 10.2. The molecule has 0 fully saturated rings. The van der Waals surface area contributed by atoms with Crippen molar-refractivity contribution in [1.29, 1.82) is 0 Å². The number of methoxy groups -OCH3 is 1. The zero-order valence-electron chi connectivity index (χ0n) is 7.13. The highest BCUT2D eigenvalue weighted by atomic mass is 16.5. The maximum atomic E-state index is 10.8. The molecule has 0 saturated carbocycles. The van der Waals surface area contributed by atoms with Crippen LogP contribution < -0.4 is 0 Å². The van der Waals surface area contributed by atoms with E-state index in [1.165, 1.54) is 7.11 Å². The van der Waals surface area contributed by atoms with Gasteiger partial charge in [-0.05, 0) is 13.8 Å². The first-order chi connectivity index (χ1) is 5.00. The lowest BCUT2D eigenvalue weighted by molar-refractivity contribution is -0.147. The maximum Gasteiger partial charge on any atom is 0.311 e. The second-order valence-electron chi connectivity index (χ2n) is 2.60. The molecule has 0 aliphatic carbocycles. The fourth-order valence-corrected chi connectivity index (χ4v) is 0.742. The molecule has 0 rings (SSSR count). The van der Waals surface area contributed by atoms with Crippen LogP contribution in [0.3, 0.4) is 0 Å². The van der Waals surface area contributed by atoms with Crippen LogP contribution >= 0.6 is 0 Å². The van der Waals surface area contributed by atoms with Crippen molar-refractivity contribution >= 4 is 5.97 Å². The van der Waals surface area contributed by atoms with Crippen molar-refractivity contribution < 1.29 is 14.6 Å². The van der Waals surface area contributed by atoms with E-state index in [1.54, 1.807) is 13.8 Å². The Morgan fingerprint density at radius 3 is 2.36 bits per heavy atom. The van der Waals surface area contributed by atoms with Crippen molar-refractivity contribution in [3.63, 3.8) is 0 Å². The monoisotopic (exact) mass is 158 g/mol. The molecule has 0 spiro atoms. The molecular formula is C8H14O3. The van der Waals surface area contributed by atoms with Gasteiger partial charge < -0.3 is 9.84 Å². The summed E-state index contributed by atoms with van der Waals surface area (Å²) in [6.45, 7) is 6.81. The molecule has 2 atom stereocenters. The van der Waals surface area contributed by atoms with Crippen molar-refractivity contribution in [3.8, 4) is 0 Å². The Morgan fingerprint density at radius 1 is 1.64 bits per heavy atom. The van der Waals surface area contributed by atoms with Gasteiger partial charge in [-0.3, -0.25) is 4.79 Å². The number of hydrogen-bond acceptors (Lipinski definition) is 3. The largest absolute Gasteiger partial charge is 0.469 e. The third-order valence-corrected chi connectivity index (χ3v) is 1.55. The fraction of sp³-hybridized carbons (Fsp3) is 0.625. The quantitative estimate of drug-likeness (QED) is 0.486. The SMILES string of the molecule is C=C(C)[C@@H](O)[C@H](C)C(=O)OC. The van der Waals surface area contributed by atoms with E-state index < -0.39 is 18.0 Å². The molecule has 0 aromatic carbocycles. The lowest BCUT2D eigenvalue weighted by atomic mass is 10.00. The minimum absolute atomic E-state index is 0.416. The van der Waals surface area contributed by atoms with E-state index in [9.17, 15) is 9.90 Å². The van der Waals surface area contributed by atoms with Crippen molar-refractivity contribution in [3.05, 3.63) is 12.2 Å². The van der Waals surface area contributed by atoms with E-state index in [1.807, 2.05) is 0 Å². The van der Waals surface area contributed by atoms with Gasteiger partial charge >= 0.3 is 5.97 Å². The number of carbonyl (C=O) groups is 1. The molecule has 1 N–H and O–H groups in total. The van der Waals surface area contributed by atoms with Crippen LogP contribution in [0.5, 0.6) is 0 Å². The van der Waals surface area contributed by atoms with Gasteiger partial charge in [0.1, 0.15) is 0 Å². The van der Waals surface area contributed by atoms with E-state index in [2.05, 4.69) is 11.3 Å². The second kappa shape index (κ2) is 4.13. The van der Waals surface area contributed by atoms with E-state index in [4.69, 9.17) is 0 Å². The summed E-state index contributed by atoms with van der Waals surface area (Å²) in [5.74, 6) is -0.946. The molecule has 0 heterocycles. The van der Waals surface area contributed by atoms with Gasteiger partial charge in [-0.15, -0.1) is 0 Å². The molecule has 0 aromatic rings. The molecule has 0 aliphatic rings. The predicted molar refractivity (Wildman–Crippen MR) is 42.0 cm³/mol. The number of esters is 1. The lowest BCUT2D eigenvalue weighted by Gasteiger charge is -2.15. The van der Waals surface area contributed by atoms with Crippen molar-refractivity contribution in [2.75, 3.05) is 7.11 Å². The van der Waals surface area contributed by atoms with Crippen molar-refractivity contribution in [1.82, 2.24) is 0 Å². The van der Waals surface area contributed by atoms with Crippen LogP contribution in [0.4, 0.5) is 0 Å². The first-order valence-corrected chi connectivity index (χ1v) is 3.42. The summed E-state index contributed by atoms with van der Waals surface area (Å²) in [5, 5.41) is 9.30. The van der Waals surface area contributed by atoms with Crippen molar-refractivity contribution in [2.45, 2.75) is 20.0 Å². The third-order valence-electron chi connectivity index (χ3n) is 1.55. The van der Waals surface area contributed by atoms with E-state index in [0.29, 0.717) is 5.57 Å². The van der Waals surface area contributed by atoms with Crippen LogP contribution in [0.15, 0.2) is 12.2 Å². The number of aliphatic hydroxyl groups excluding tert-OH is 1. The van der Waals surface area contributed by atoms with Crippen LogP contribution in [0, 0.1) is 5.92 Å². The van der Waals surface area contributed by atoms with E-state index in [-0.39, 0.29) is 0 Å². The Labute approximate surface area is 66.7 Å². The number of hydrogen-bond donors (Lipinski definition) is 1. The lowest BCUT2D eigenvalue weighted by Crippen LogP contribution is -2.27. The molecule has 3 heteroatoms. The minimum atomic E-state index is -0.803. The predicted octanol–water partition coefficient (Wildman–Crippen LogP) is 0.732. The fourth-order valence-electron chi connectivity index (χ4n) is 0.742. The minimum Gasteiger partial charge on any atom is -0.469 e. The summed E-state index contributed by atoms with van der Waals surface area (Å²) in [6.07, 6.45) is -0.803. The molecule has 0 aliphatic heterocycles. The van der Waals surface area contributed by atoms with Gasteiger partial charge in [0, 0.05) is 0 Å². The number of ether oxygens (including phenoxy) is 1. The zero-order chi connectivity index (χ0) is 9.02. The standard InChI is InChI=1S/C8H14O3/c1-5(2)7(9)6(3)8(10)11-4/h6-7,9H,1H2,2-4H3/t6-,7+/m0/s1. The topological polar surface area (TPSA) is 46.5 Å². The molecule has 64 valence electrons. The Hall–Kier alpha value is -0.830. The number of carbonyl (C=O) groups excluding carboxylic acids is 1. The summed E-state index contributed by atoms with van der Waals surface area (Å²) in [6, 6.07) is 0. The van der Waals surface area contributed by atoms with Gasteiger partial charge in [-0.25, -0.2) is 0 Å². The Kier molecular flexibility index (Phi) is 3.82. The molecule has 11 heavy (non-hydrogen) atoms. The van der Waals surface area contributed by atoms with Gasteiger partial charge in [0.15, 0.2) is 0 Å².